The molecule has 0 N–H and O–H groups in total. The maximum atomic E-state index is 13.7. The zero-order valence-corrected chi connectivity index (χ0v) is 23.3. The van der Waals surface area contributed by atoms with Gasteiger partial charge in [-0.3, -0.25) is 4.79 Å². The van der Waals surface area contributed by atoms with Gasteiger partial charge in [-0.25, -0.2) is 9.38 Å². The molecular formula is C31H39FN6O2. The second kappa shape index (κ2) is 9.29. The van der Waals surface area contributed by atoms with E-state index in [9.17, 15) is 9.18 Å². The Hall–Kier alpha value is -2.94. The minimum Gasteiger partial charge on any atom is -0.462 e. The molecule has 40 heavy (non-hydrogen) atoms. The summed E-state index contributed by atoms with van der Waals surface area (Å²) < 4.78 is 20.0. The minimum atomic E-state index is -0.869. The van der Waals surface area contributed by atoms with Crippen LogP contribution in [0, 0.1) is 11.8 Å². The summed E-state index contributed by atoms with van der Waals surface area (Å²) in [5.41, 5.74) is 4.55. The van der Waals surface area contributed by atoms with Crippen LogP contribution in [0.25, 0.3) is 0 Å². The summed E-state index contributed by atoms with van der Waals surface area (Å²) in [5, 5.41) is 0. The fourth-order valence-corrected chi connectivity index (χ4v) is 8.52. The SMILES string of the molecule is C=C(F)C(=O)N1CC[C@@H]2[C@H]1CN2C1=NC(OC[C@@H]2CCCN2C)=NC2CN(c3cccc4c3C3CC3C4)CCC12. The van der Waals surface area contributed by atoms with E-state index in [0.717, 1.165) is 56.6 Å². The number of ether oxygens (including phenoxy) is 1. The number of aliphatic imine (C=N–C) groups is 2. The highest BCUT2D eigenvalue weighted by molar-refractivity contribution is 5.99. The first-order valence-corrected chi connectivity index (χ1v) is 15.2. The number of likely N-dealkylation sites (N-methyl/N-ethyl adjacent to an activating group) is 1. The van der Waals surface area contributed by atoms with Gasteiger partial charge in [-0.15, -0.1) is 0 Å². The molecule has 1 saturated carbocycles. The van der Waals surface area contributed by atoms with Crippen LogP contribution in [0.2, 0.25) is 0 Å². The highest BCUT2D eigenvalue weighted by Crippen LogP contribution is 2.59. The van der Waals surface area contributed by atoms with Crippen molar-refractivity contribution in [1.82, 2.24) is 14.7 Å². The van der Waals surface area contributed by atoms with Crippen LogP contribution < -0.4 is 4.90 Å². The quantitative estimate of drug-likeness (QED) is 0.543. The Kier molecular flexibility index (Phi) is 5.77. The summed E-state index contributed by atoms with van der Waals surface area (Å²) >= 11 is 0. The molecule has 4 unspecified atom stereocenters. The molecule has 4 saturated heterocycles. The maximum absolute atomic E-state index is 13.7. The molecule has 8 nitrogen and oxygen atoms in total. The van der Waals surface area contributed by atoms with Crippen LogP contribution in [0.1, 0.15) is 49.1 Å². The third kappa shape index (κ3) is 3.90. The molecule has 0 spiro atoms. The number of likely N-dealkylation sites (tertiary alicyclic amines) is 3. The Morgan fingerprint density at radius 3 is 2.85 bits per heavy atom. The van der Waals surface area contributed by atoms with Crippen molar-refractivity contribution in [3.05, 3.63) is 41.7 Å². The number of hydrogen-bond acceptors (Lipinski definition) is 7. The average Bonchev–Trinajstić information content (AvgIpc) is 3.23. The van der Waals surface area contributed by atoms with E-state index in [1.165, 1.54) is 24.9 Å². The van der Waals surface area contributed by atoms with Gasteiger partial charge < -0.3 is 24.3 Å². The third-order valence-electron chi connectivity index (χ3n) is 10.8. The van der Waals surface area contributed by atoms with E-state index in [0.29, 0.717) is 31.8 Å². The van der Waals surface area contributed by atoms with Crippen LogP contribution in [0.3, 0.4) is 0 Å². The third-order valence-corrected chi connectivity index (χ3v) is 10.8. The molecule has 2 aliphatic carbocycles. The number of amidine groups is 2. The van der Waals surface area contributed by atoms with E-state index >= 15 is 0 Å². The Bertz CT molecular complexity index is 1310. The van der Waals surface area contributed by atoms with Gasteiger partial charge in [0.05, 0.1) is 18.1 Å². The standard InChI is InChI=1S/C31H39FN6O2/c1-18(32)30(39)37-12-9-25-27(37)16-38(25)29-22-8-11-36(26-7-3-5-19-13-20-14-23(20)28(19)26)15-24(22)33-31(34-29)40-17-21-6-4-10-35(21)2/h3,5,7,20-25,27H,1,4,6,8-17H2,2H3/t20?,21-,22?,23?,24?,25+,27+/m0/s1. The van der Waals surface area contributed by atoms with Crippen molar-refractivity contribution in [3.8, 4) is 0 Å². The van der Waals surface area contributed by atoms with E-state index in [1.54, 1.807) is 16.0 Å². The summed E-state index contributed by atoms with van der Waals surface area (Å²) in [6.45, 7) is 8.05. The lowest BCUT2D eigenvalue weighted by Gasteiger charge is -2.52. The van der Waals surface area contributed by atoms with Gasteiger partial charge in [-0.2, -0.15) is 4.99 Å². The fraction of sp³-hybridized carbons (Fsp3) is 0.645. The minimum absolute atomic E-state index is 0.0232. The van der Waals surface area contributed by atoms with Crippen LogP contribution >= 0.6 is 0 Å². The van der Waals surface area contributed by atoms with E-state index in [4.69, 9.17) is 14.7 Å². The molecule has 1 amide bonds. The molecule has 0 radical (unpaired) electrons. The summed E-state index contributed by atoms with van der Waals surface area (Å²) in [7, 11) is 2.16. The molecule has 0 aromatic heterocycles. The van der Waals surface area contributed by atoms with Gasteiger partial charge in [0.2, 0.25) is 0 Å². The summed E-state index contributed by atoms with van der Waals surface area (Å²) in [5.74, 6) is 1.47. The number of fused-ring (bicyclic) bond motifs is 5. The van der Waals surface area contributed by atoms with Crippen LogP contribution in [0.4, 0.5) is 10.1 Å². The zero-order chi connectivity index (χ0) is 27.1. The highest BCUT2D eigenvalue weighted by atomic mass is 19.1. The average molecular weight is 547 g/mol. The molecule has 0 bridgehead atoms. The number of benzene rings is 1. The van der Waals surface area contributed by atoms with Gasteiger partial charge in [-0.05, 0) is 81.1 Å². The van der Waals surface area contributed by atoms with Crippen molar-refractivity contribution in [2.24, 2.45) is 21.8 Å². The Morgan fingerprint density at radius 2 is 2.02 bits per heavy atom. The van der Waals surface area contributed by atoms with Crippen molar-refractivity contribution >= 4 is 23.5 Å². The molecule has 8 rings (SSSR count). The number of amides is 1. The van der Waals surface area contributed by atoms with Gasteiger partial charge in [-0.1, -0.05) is 18.7 Å². The molecular weight excluding hydrogens is 507 g/mol. The first-order chi connectivity index (χ1) is 19.5. The van der Waals surface area contributed by atoms with E-state index in [1.807, 2.05) is 0 Å². The number of halogens is 1. The van der Waals surface area contributed by atoms with E-state index in [-0.39, 0.29) is 24.0 Å². The lowest BCUT2D eigenvalue weighted by molar-refractivity contribution is -0.131. The second-order valence-electron chi connectivity index (χ2n) is 13.0. The smallest absolute Gasteiger partial charge is 0.313 e. The lowest BCUT2D eigenvalue weighted by Crippen LogP contribution is -2.67. The first kappa shape index (κ1) is 24.8. The van der Waals surface area contributed by atoms with Gasteiger partial charge in [0, 0.05) is 43.8 Å². The number of hydrogen-bond donors (Lipinski definition) is 0. The van der Waals surface area contributed by atoms with Crippen molar-refractivity contribution in [3.63, 3.8) is 0 Å². The maximum Gasteiger partial charge on any atom is 0.313 e. The molecule has 7 aliphatic rings. The van der Waals surface area contributed by atoms with Crippen LogP contribution in [0.5, 0.6) is 0 Å². The van der Waals surface area contributed by atoms with Crippen LogP contribution in [-0.4, -0.2) is 103 Å². The van der Waals surface area contributed by atoms with Crippen molar-refractivity contribution < 1.29 is 13.9 Å². The van der Waals surface area contributed by atoms with E-state index in [2.05, 4.69) is 46.5 Å². The molecule has 5 fully saturated rings. The van der Waals surface area contributed by atoms with E-state index < -0.39 is 11.7 Å². The Morgan fingerprint density at radius 1 is 1.12 bits per heavy atom. The number of anilines is 1. The van der Waals surface area contributed by atoms with Gasteiger partial charge in [0.25, 0.3) is 5.91 Å². The number of carbonyl (C=O) groups is 1. The van der Waals surface area contributed by atoms with Crippen molar-refractivity contribution in [1.29, 1.82) is 0 Å². The van der Waals surface area contributed by atoms with Gasteiger partial charge in [0.15, 0.2) is 5.83 Å². The highest BCUT2D eigenvalue weighted by Gasteiger charge is 2.53. The zero-order valence-electron chi connectivity index (χ0n) is 23.3. The van der Waals surface area contributed by atoms with Crippen molar-refractivity contribution in [2.75, 3.05) is 51.3 Å². The summed E-state index contributed by atoms with van der Waals surface area (Å²) in [4.78, 5) is 31.5. The summed E-state index contributed by atoms with van der Waals surface area (Å²) in [6, 6.07) is 8.05. The molecule has 1 aromatic carbocycles. The second-order valence-corrected chi connectivity index (χ2v) is 13.0. The predicted molar refractivity (Wildman–Crippen MR) is 152 cm³/mol. The molecule has 5 aliphatic heterocycles. The molecule has 212 valence electrons. The van der Waals surface area contributed by atoms with Crippen LogP contribution in [0.15, 0.2) is 40.6 Å². The molecule has 1 aromatic rings. The number of rotatable bonds is 4. The summed E-state index contributed by atoms with van der Waals surface area (Å²) in [6.07, 6.45) is 6.74. The molecule has 5 heterocycles. The lowest BCUT2D eigenvalue weighted by atomic mass is 9.85. The van der Waals surface area contributed by atoms with Crippen LogP contribution in [-0.2, 0) is 16.0 Å². The number of nitrogens with zero attached hydrogens (tertiary/aromatic N) is 6. The Labute approximate surface area is 235 Å². The largest absolute Gasteiger partial charge is 0.462 e. The number of carbonyl (C=O) groups excluding carboxylic acids is 1. The first-order valence-electron chi connectivity index (χ1n) is 15.2. The normalized spacial score (nSPS) is 35.8. The van der Waals surface area contributed by atoms with Gasteiger partial charge >= 0.3 is 6.02 Å². The van der Waals surface area contributed by atoms with Gasteiger partial charge in [0.1, 0.15) is 12.4 Å². The molecule has 9 heteroatoms. The fourth-order valence-electron chi connectivity index (χ4n) is 8.52. The Balaban J connectivity index is 1.04. The number of piperidine rings is 1. The van der Waals surface area contributed by atoms with Crippen molar-refractivity contribution in [2.45, 2.75) is 68.6 Å². The topological polar surface area (TPSA) is 64.0 Å². The monoisotopic (exact) mass is 546 g/mol. The predicted octanol–water partition coefficient (Wildman–Crippen LogP) is 3.19. The molecule has 7 atom stereocenters.